The Bertz CT molecular complexity index is 787. The van der Waals surface area contributed by atoms with Gasteiger partial charge in [-0.15, -0.1) is 0 Å². The van der Waals surface area contributed by atoms with E-state index >= 15 is 0 Å². The Kier molecular flexibility index (Phi) is 7.36. The molecule has 1 heterocycles. The van der Waals surface area contributed by atoms with Gasteiger partial charge in [0.2, 0.25) is 15.9 Å². The highest BCUT2D eigenvalue weighted by Gasteiger charge is 2.30. The van der Waals surface area contributed by atoms with E-state index in [-0.39, 0.29) is 28.7 Å². The van der Waals surface area contributed by atoms with Crippen molar-refractivity contribution >= 4 is 21.7 Å². The van der Waals surface area contributed by atoms with E-state index in [2.05, 4.69) is 0 Å². The molecule has 7 nitrogen and oxygen atoms in total. The van der Waals surface area contributed by atoms with E-state index in [0.717, 1.165) is 0 Å². The van der Waals surface area contributed by atoms with Gasteiger partial charge in [-0.25, -0.2) is 8.42 Å². The van der Waals surface area contributed by atoms with E-state index in [1.54, 1.807) is 0 Å². The number of hydrogen-bond donors (Lipinski definition) is 0. The highest BCUT2D eigenvalue weighted by atomic mass is 32.2. The van der Waals surface area contributed by atoms with Crippen molar-refractivity contribution in [3.8, 4) is 0 Å². The molecule has 1 aliphatic heterocycles. The Hall–Kier alpha value is -1.77. The summed E-state index contributed by atoms with van der Waals surface area (Å²) >= 11 is 0. The van der Waals surface area contributed by atoms with Gasteiger partial charge in [0.15, 0.2) is 5.78 Å². The van der Waals surface area contributed by atoms with Crippen LogP contribution in [0.15, 0.2) is 29.2 Å². The van der Waals surface area contributed by atoms with E-state index < -0.39 is 10.0 Å². The van der Waals surface area contributed by atoms with Gasteiger partial charge in [0.1, 0.15) is 0 Å². The van der Waals surface area contributed by atoms with Crippen LogP contribution in [0.2, 0.25) is 0 Å². The SMILES string of the molecule is CC(=O)c1ccc(S(=O)(=O)N2CCN(CC(=O)N(C(C)C)C(C)C)CC2)cc1. The number of carbonyl (C=O) groups is 2. The van der Waals surface area contributed by atoms with Gasteiger partial charge in [-0.05, 0) is 46.8 Å². The summed E-state index contributed by atoms with van der Waals surface area (Å²) in [4.78, 5) is 28.0. The fourth-order valence-electron chi connectivity index (χ4n) is 3.58. The standard InChI is InChI=1S/C20H31N3O4S/c1-15(2)23(16(3)4)20(25)14-21-10-12-22(13-11-21)28(26,27)19-8-6-18(7-9-19)17(5)24/h6-9,15-16H,10-14H2,1-5H3. The van der Waals surface area contributed by atoms with Gasteiger partial charge < -0.3 is 4.90 Å². The number of Topliss-reactive ketones (excluding diaryl/α,β-unsaturated/α-hetero) is 1. The molecule has 0 aliphatic carbocycles. The summed E-state index contributed by atoms with van der Waals surface area (Å²) in [5.74, 6) is -0.0276. The second kappa shape index (κ2) is 9.15. The van der Waals surface area contributed by atoms with E-state index in [9.17, 15) is 18.0 Å². The maximum absolute atomic E-state index is 12.8. The van der Waals surface area contributed by atoms with Crippen molar-refractivity contribution in [3.05, 3.63) is 29.8 Å². The van der Waals surface area contributed by atoms with Crippen molar-refractivity contribution in [2.24, 2.45) is 0 Å². The zero-order chi connectivity index (χ0) is 21.1. The molecule has 1 fully saturated rings. The molecule has 0 bridgehead atoms. The van der Waals surface area contributed by atoms with Gasteiger partial charge in [0.05, 0.1) is 11.4 Å². The summed E-state index contributed by atoms with van der Waals surface area (Å²) in [6.07, 6.45) is 0. The number of hydrogen-bond acceptors (Lipinski definition) is 5. The summed E-state index contributed by atoms with van der Waals surface area (Å²) in [7, 11) is -3.60. The molecule has 28 heavy (non-hydrogen) atoms. The van der Waals surface area contributed by atoms with Crippen LogP contribution in [-0.4, -0.2) is 79.0 Å². The molecule has 1 aliphatic rings. The molecule has 156 valence electrons. The molecular formula is C20H31N3O4S. The number of rotatable bonds is 7. The number of piperazine rings is 1. The minimum absolute atomic E-state index is 0.0705. The van der Waals surface area contributed by atoms with Crippen LogP contribution in [0.5, 0.6) is 0 Å². The van der Waals surface area contributed by atoms with Crippen LogP contribution in [-0.2, 0) is 14.8 Å². The second-order valence-electron chi connectivity index (χ2n) is 7.75. The van der Waals surface area contributed by atoms with E-state index in [4.69, 9.17) is 0 Å². The lowest BCUT2D eigenvalue weighted by Crippen LogP contribution is -2.53. The van der Waals surface area contributed by atoms with Gasteiger partial charge in [0.25, 0.3) is 0 Å². The minimum atomic E-state index is -3.60. The lowest BCUT2D eigenvalue weighted by Gasteiger charge is -2.36. The maximum atomic E-state index is 12.8. The molecule has 1 aromatic carbocycles. The zero-order valence-corrected chi connectivity index (χ0v) is 18.2. The fraction of sp³-hybridized carbons (Fsp3) is 0.600. The van der Waals surface area contributed by atoms with Crippen LogP contribution in [0.4, 0.5) is 0 Å². The number of carbonyl (C=O) groups excluding carboxylic acids is 2. The summed E-state index contributed by atoms with van der Waals surface area (Å²) in [5.41, 5.74) is 0.488. The summed E-state index contributed by atoms with van der Waals surface area (Å²) in [6.45, 7) is 11.5. The van der Waals surface area contributed by atoms with E-state index in [0.29, 0.717) is 38.3 Å². The van der Waals surface area contributed by atoms with Crippen molar-refractivity contribution in [2.75, 3.05) is 32.7 Å². The molecule has 8 heteroatoms. The van der Waals surface area contributed by atoms with Gasteiger partial charge >= 0.3 is 0 Å². The third kappa shape index (κ3) is 5.18. The predicted molar refractivity (Wildman–Crippen MR) is 109 cm³/mol. The highest BCUT2D eigenvalue weighted by Crippen LogP contribution is 2.19. The molecule has 2 rings (SSSR count). The van der Waals surface area contributed by atoms with Gasteiger partial charge in [0, 0.05) is 43.8 Å². The largest absolute Gasteiger partial charge is 0.337 e. The Morgan fingerprint density at radius 3 is 1.89 bits per heavy atom. The highest BCUT2D eigenvalue weighted by molar-refractivity contribution is 7.89. The van der Waals surface area contributed by atoms with Crippen molar-refractivity contribution < 1.29 is 18.0 Å². The third-order valence-electron chi connectivity index (χ3n) is 4.99. The van der Waals surface area contributed by atoms with Crippen molar-refractivity contribution in [1.29, 1.82) is 0 Å². The monoisotopic (exact) mass is 409 g/mol. The quantitative estimate of drug-likeness (QED) is 0.642. The van der Waals surface area contributed by atoms with Crippen molar-refractivity contribution in [1.82, 2.24) is 14.1 Å². The second-order valence-corrected chi connectivity index (χ2v) is 9.69. The van der Waals surface area contributed by atoms with Crippen LogP contribution in [0.3, 0.4) is 0 Å². The van der Waals surface area contributed by atoms with Gasteiger partial charge in [-0.2, -0.15) is 4.31 Å². The third-order valence-corrected chi connectivity index (χ3v) is 6.90. The Morgan fingerprint density at radius 1 is 0.964 bits per heavy atom. The van der Waals surface area contributed by atoms with Crippen molar-refractivity contribution in [2.45, 2.75) is 51.6 Å². The average Bonchev–Trinajstić information content (AvgIpc) is 2.61. The number of amides is 1. The molecule has 1 aromatic rings. The fourth-order valence-corrected chi connectivity index (χ4v) is 5.01. The average molecular weight is 410 g/mol. The van der Waals surface area contributed by atoms with Crippen LogP contribution in [0, 0.1) is 0 Å². The molecule has 0 saturated carbocycles. The first kappa shape index (κ1) is 22.5. The topological polar surface area (TPSA) is 78.0 Å². The molecule has 1 saturated heterocycles. The lowest BCUT2D eigenvalue weighted by molar-refractivity contribution is -0.136. The molecule has 0 aromatic heterocycles. The first-order valence-electron chi connectivity index (χ1n) is 9.68. The van der Waals surface area contributed by atoms with E-state index in [1.165, 1.54) is 35.5 Å². The molecular weight excluding hydrogens is 378 g/mol. The first-order chi connectivity index (χ1) is 13.0. The van der Waals surface area contributed by atoms with Gasteiger partial charge in [-0.1, -0.05) is 12.1 Å². The maximum Gasteiger partial charge on any atom is 0.243 e. The minimum Gasteiger partial charge on any atom is -0.337 e. The number of sulfonamides is 1. The molecule has 0 spiro atoms. The first-order valence-corrected chi connectivity index (χ1v) is 11.1. The zero-order valence-electron chi connectivity index (χ0n) is 17.4. The number of ketones is 1. The van der Waals surface area contributed by atoms with Crippen molar-refractivity contribution in [3.63, 3.8) is 0 Å². The van der Waals surface area contributed by atoms with Crippen LogP contribution < -0.4 is 0 Å². The normalized spacial score (nSPS) is 16.5. The molecule has 0 radical (unpaired) electrons. The summed E-state index contributed by atoms with van der Waals surface area (Å²) in [6, 6.07) is 6.29. The number of nitrogens with zero attached hydrogens (tertiary/aromatic N) is 3. The Morgan fingerprint density at radius 2 is 1.46 bits per heavy atom. The smallest absolute Gasteiger partial charge is 0.243 e. The number of benzene rings is 1. The van der Waals surface area contributed by atoms with Gasteiger partial charge in [-0.3, -0.25) is 14.5 Å². The predicted octanol–water partition coefficient (Wildman–Crippen LogP) is 1.84. The summed E-state index contributed by atoms with van der Waals surface area (Å²) in [5, 5.41) is 0. The summed E-state index contributed by atoms with van der Waals surface area (Å²) < 4.78 is 27.1. The molecule has 0 atom stereocenters. The van der Waals surface area contributed by atoms with E-state index in [1.807, 2.05) is 37.5 Å². The Labute approximate surface area is 168 Å². The Balaban J connectivity index is 1.99. The molecule has 0 unspecified atom stereocenters. The van der Waals surface area contributed by atoms with Crippen LogP contribution >= 0.6 is 0 Å². The van der Waals surface area contributed by atoms with Crippen LogP contribution in [0.1, 0.15) is 45.0 Å². The molecule has 1 amide bonds. The lowest BCUT2D eigenvalue weighted by atomic mass is 10.2. The molecule has 0 N–H and O–H groups in total. The van der Waals surface area contributed by atoms with Crippen LogP contribution in [0.25, 0.3) is 0 Å².